The summed E-state index contributed by atoms with van der Waals surface area (Å²) in [6, 6.07) is 0. The molecule has 0 aromatic rings. The molecular formula is C3H4F2. The number of rotatable bonds is 0. The monoisotopic (exact) mass is 78.0 g/mol. The van der Waals surface area contributed by atoms with Gasteiger partial charge in [0.05, 0.1) is 0 Å². The number of hydrogen-bond donors (Lipinski definition) is 0. The fourth-order valence-corrected chi connectivity index (χ4v) is 0. The van der Waals surface area contributed by atoms with Gasteiger partial charge >= 0.3 is 0 Å². The molecule has 0 heterocycles. The number of allylic oxidation sites excluding steroid dienone is 1. The summed E-state index contributed by atoms with van der Waals surface area (Å²) in [4.78, 5) is 0. The fourth-order valence-electron chi connectivity index (χ4n) is 0. The van der Waals surface area contributed by atoms with Gasteiger partial charge in [-0.05, 0) is 6.92 Å². The van der Waals surface area contributed by atoms with Gasteiger partial charge in [-0.1, -0.05) is 0 Å². The summed E-state index contributed by atoms with van der Waals surface area (Å²) in [5, 5.41) is 0. The highest BCUT2D eigenvalue weighted by molar-refractivity contribution is 4.75. The lowest BCUT2D eigenvalue weighted by Crippen LogP contribution is -1.46. The summed E-state index contributed by atoms with van der Waals surface area (Å²) in [7, 11) is 0. The Hall–Kier alpha value is -0.400. The van der Waals surface area contributed by atoms with E-state index in [0.717, 1.165) is 6.92 Å². The quantitative estimate of drug-likeness (QED) is 0.414. The zero-order valence-corrected chi connectivity index (χ0v) is 2.83. The van der Waals surface area contributed by atoms with Gasteiger partial charge in [0.2, 0.25) is 0 Å². The predicted octanol–water partition coefficient (Wildman–Crippen LogP) is 1.79. The van der Waals surface area contributed by atoms with E-state index in [-0.39, 0.29) is 6.33 Å². The van der Waals surface area contributed by atoms with Crippen molar-refractivity contribution in [3.8, 4) is 0 Å². The highest BCUT2D eigenvalue weighted by Crippen LogP contribution is 1.89. The van der Waals surface area contributed by atoms with E-state index in [0.29, 0.717) is 0 Å². The van der Waals surface area contributed by atoms with Gasteiger partial charge in [0.15, 0.2) is 0 Å². The maximum absolute atomic E-state index is 10.9. The molecule has 0 amide bonds. The predicted molar refractivity (Wildman–Crippen MR) is 16.0 cm³/mol. The van der Waals surface area contributed by atoms with Crippen LogP contribution in [-0.4, -0.2) is 0 Å². The van der Waals surface area contributed by atoms with Gasteiger partial charge in [0.25, 0.3) is 0 Å². The van der Waals surface area contributed by atoms with Crippen molar-refractivity contribution in [1.29, 1.82) is 0 Å². The topological polar surface area (TPSA) is 0 Å². The van der Waals surface area contributed by atoms with Crippen LogP contribution in [0.25, 0.3) is 0 Å². The smallest absolute Gasteiger partial charge is 0.125 e. The highest BCUT2D eigenvalue weighted by Gasteiger charge is 1.70. The summed E-state index contributed by atoms with van der Waals surface area (Å²) in [6.07, 6.45) is -0.0833. The van der Waals surface area contributed by atoms with E-state index in [9.17, 15) is 8.78 Å². The molecule has 0 N–H and O–H groups in total. The Morgan fingerprint density at radius 1 is 1.80 bits per heavy atom. The summed E-state index contributed by atoms with van der Waals surface area (Å²) >= 11 is 0. The van der Waals surface area contributed by atoms with Gasteiger partial charge in [0, 0.05) is 0 Å². The molecule has 0 aliphatic carbocycles. The van der Waals surface area contributed by atoms with E-state index in [1.807, 2.05) is 0 Å². The molecular weight excluding hydrogens is 74.0 g/mol. The third kappa shape index (κ3) is 3.60. The van der Waals surface area contributed by atoms with Crippen LogP contribution in [0.15, 0.2) is 12.2 Å². The van der Waals surface area contributed by atoms with Crippen molar-refractivity contribution in [2.75, 3.05) is 0 Å². The van der Waals surface area contributed by atoms with Crippen LogP contribution in [-0.2, 0) is 0 Å². The van der Waals surface area contributed by atoms with Crippen LogP contribution in [0, 0.1) is 0 Å². The first-order chi connectivity index (χ1) is 2.27. The summed E-state index contributed by atoms with van der Waals surface area (Å²) < 4.78 is 21.5. The van der Waals surface area contributed by atoms with Gasteiger partial charge in [-0.2, -0.15) is 0 Å². The van der Waals surface area contributed by atoms with Crippen LogP contribution in [0.3, 0.4) is 0 Å². The molecule has 0 nitrogen and oxygen atoms in total. The average Bonchev–Trinajstić information content (AvgIpc) is 1.38. The van der Waals surface area contributed by atoms with E-state index >= 15 is 0 Å². The lowest BCUT2D eigenvalue weighted by Gasteiger charge is -1.65. The Kier molecular flexibility index (Phi) is 1.73. The molecule has 30 valence electrons. The molecule has 2 heteroatoms. The molecule has 0 bridgehead atoms. The van der Waals surface area contributed by atoms with Crippen molar-refractivity contribution in [2.24, 2.45) is 0 Å². The molecule has 0 fully saturated rings. The first-order valence-electron chi connectivity index (χ1n) is 1.20. The van der Waals surface area contributed by atoms with Gasteiger partial charge in [-0.25, -0.2) is 8.78 Å². The normalized spacial score (nSPS) is 12.2. The average molecular weight is 78.1 g/mol. The fraction of sp³-hybridized carbons (Fsp3) is 0.333. The first kappa shape index (κ1) is 4.60. The summed E-state index contributed by atoms with van der Waals surface area (Å²) in [5.41, 5.74) is 0. The van der Waals surface area contributed by atoms with Crippen molar-refractivity contribution in [2.45, 2.75) is 6.92 Å². The van der Waals surface area contributed by atoms with E-state index in [2.05, 4.69) is 0 Å². The lowest BCUT2D eigenvalue weighted by molar-refractivity contribution is 0.586. The van der Waals surface area contributed by atoms with Crippen LogP contribution in [0.5, 0.6) is 0 Å². The van der Waals surface area contributed by atoms with Crippen molar-refractivity contribution >= 4 is 0 Å². The SMILES string of the molecule is C/C(F)=C/F. The Labute approximate surface area is 29.1 Å². The van der Waals surface area contributed by atoms with Crippen LogP contribution in [0.2, 0.25) is 0 Å². The third-order valence-electron chi connectivity index (χ3n) is 0.150. The van der Waals surface area contributed by atoms with Crippen LogP contribution >= 0.6 is 0 Å². The minimum absolute atomic E-state index is 0.0833. The third-order valence-corrected chi connectivity index (χ3v) is 0.150. The second-order valence-electron chi connectivity index (χ2n) is 0.696. The zero-order chi connectivity index (χ0) is 4.28. The zero-order valence-electron chi connectivity index (χ0n) is 2.83. The minimum Gasteiger partial charge on any atom is -0.213 e. The second-order valence-corrected chi connectivity index (χ2v) is 0.696. The van der Waals surface area contributed by atoms with Crippen LogP contribution in [0.4, 0.5) is 8.78 Å². The summed E-state index contributed by atoms with van der Waals surface area (Å²) in [6.45, 7) is 1.04. The molecule has 0 aromatic heterocycles. The molecule has 0 saturated heterocycles. The molecule has 0 rings (SSSR count). The standard InChI is InChI=1S/C3H4F2/c1-3(5)2-4/h2H,1H3/b3-2-. The Morgan fingerprint density at radius 3 is 2.00 bits per heavy atom. The van der Waals surface area contributed by atoms with Crippen molar-refractivity contribution in [3.05, 3.63) is 12.2 Å². The molecule has 5 heavy (non-hydrogen) atoms. The molecule has 0 aromatic carbocycles. The Bertz CT molecular complexity index is 42.9. The molecule has 0 aliphatic heterocycles. The van der Waals surface area contributed by atoms with E-state index in [1.165, 1.54) is 0 Å². The van der Waals surface area contributed by atoms with Crippen LogP contribution < -0.4 is 0 Å². The second kappa shape index (κ2) is 1.88. The molecule has 0 unspecified atom stereocenters. The van der Waals surface area contributed by atoms with Crippen molar-refractivity contribution in [3.63, 3.8) is 0 Å². The van der Waals surface area contributed by atoms with Gasteiger partial charge in [-0.3, -0.25) is 0 Å². The van der Waals surface area contributed by atoms with Crippen LogP contribution in [0.1, 0.15) is 6.92 Å². The Balaban J connectivity index is 3.14. The van der Waals surface area contributed by atoms with E-state index in [4.69, 9.17) is 0 Å². The lowest BCUT2D eigenvalue weighted by atomic mass is 10.7. The van der Waals surface area contributed by atoms with Gasteiger partial charge < -0.3 is 0 Å². The molecule has 0 saturated carbocycles. The maximum atomic E-state index is 10.9. The molecule has 0 atom stereocenters. The van der Waals surface area contributed by atoms with E-state index in [1.54, 1.807) is 0 Å². The van der Waals surface area contributed by atoms with Gasteiger partial charge in [-0.15, -0.1) is 0 Å². The maximum Gasteiger partial charge on any atom is 0.125 e. The minimum atomic E-state index is -0.787. The Morgan fingerprint density at radius 2 is 2.00 bits per heavy atom. The van der Waals surface area contributed by atoms with E-state index < -0.39 is 5.83 Å². The van der Waals surface area contributed by atoms with Gasteiger partial charge in [0.1, 0.15) is 12.2 Å². The largest absolute Gasteiger partial charge is 0.213 e. The number of halogens is 2. The first-order valence-corrected chi connectivity index (χ1v) is 1.20. The highest BCUT2D eigenvalue weighted by atomic mass is 19.2. The molecule has 0 radical (unpaired) electrons. The molecule has 0 aliphatic rings. The van der Waals surface area contributed by atoms with Crippen molar-refractivity contribution in [1.82, 2.24) is 0 Å². The number of hydrogen-bond acceptors (Lipinski definition) is 0. The van der Waals surface area contributed by atoms with Crippen molar-refractivity contribution < 1.29 is 8.78 Å². The summed E-state index contributed by atoms with van der Waals surface area (Å²) in [5.74, 6) is -0.787. The molecule has 0 spiro atoms.